The van der Waals surface area contributed by atoms with E-state index >= 15 is 0 Å². The number of nitrogens with one attached hydrogen (secondary N) is 2. The van der Waals surface area contributed by atoms with Crippen molar-refractivity contribution in [2.75, 3.05) is 13.1 Å². The van der Waals surface area contributed by atoms with Crippen molar-refractivity contribution < 1.29 is 4.79 Å². The van der Waals surface area contributed by atoms with Crippen molar-refractivity contribution in [3.63, 3.8) is 0 Å². The molecule has 0 spiro atoms. The topological polar surface area (TPSA) is 41.1 Å². The maximum Gasteiger partial charge on any atom is 0.220 e. The van der Waals surface area contributed by atoms with E-state index in [9.17, 15) is 4.79 Å². The van der Waals surface area contributed by atoms with Gasteiger partial charge in [0.1, 0.15) is 0 Å². The zero-order valence-electron chi connectivity index (χ0n) is 13.6. The molecule has 1 saturated heterocycles. The first kappa shape index (κ1) is 16.0. The smallest absolute Gasteiger partial charge is 0.220 e. The summed E-state index contributed by atoms with van der Waals surface area (Å²) in [4.78, 5) is 12.0. The number of hydrogen-bond acceptors (Lipinski definition) is 2. The highest BCUT2D eigenvalue weighted by atomic mass is 16.1. The molecule has 2 N–H and O–H groups in total. The summed E-state index contributed by atoms with van der Waals surface area (Å²) in [5, 5.41) is 6.45. The van der Waals surface area contributed by atoms with Crippen molar-refractivity contribution in [1.29, 1.82) is 0 Å². The van der Waals surface area contributed by atoms with Crippen LogP contribution in [0, 0.1) is 26.7 Å². The number of benzene rings is 1. The van der Waals surface area contributed by atoms with Crippen LogP contribution in [0.2, 0.25) is 0 Å². The van der Waals surface area contributed by atoms with Crippen LogP contribution in [0.1, 0.15) is 47.9 Å². The van der Waals surface area contributed by atoms with Gasteiger partial charge in [0.2, 0.25) is 5.91 Å². The molecule has 1 aromatic carbocycles. The molecule has 2 rings (SSSR count). The number of carbonyl (C=O) groups is 1. The molecule has 1 amide bonds. The molecule has 3 heteroatoms. The summed E-state index contributed by atoms with van der Waals surface area (Å²) in [6.07, 6.45) is 4.11. The van der Waals surface area contributed by atoms with Gasteiger partial charge in [0.15, 0.2) is 0 Å². The lowest BCUT2D eigenvalue weighted by molar-refractivity contribution is -0.121. The van der Waals surface area contributed by atoms with Gasteiger partial charge in [0.05, 0.1) is 0 Å². The van der Waals surface area contributed by atoms with Gasteiger partial charge in [-0.25, -0.2) is 0 Å². The molecule has 0 atom stereocenters. The molecule has 1 fully saturated rings. The van der Waals surface area contributed by atoms with Crippen molar-refractivity contribution in [2.24, 2.45) is 5.92 Å². The Balaban J connectivity index is 1.78. The lowest BCUT2D eigenvalue weighted by atomic mass is 9.93. The summed E-state index contributed by atoms with van der Waals surface area (Å²) < 4.78 is 0. The molecule has 1 heterocycles. The second-order valence-electron chi connectivity index (χ2n) is 6.39. The molecule has 0 aliphatic carbocycles. The third kappa shape index (κ3) is 4.85. The van der Waals surface area contributed by atoms with Crippen molar-refractivity contribution in [3.05, 3.63) is 34.4 Å². The molecule has 0 aromatic heterocycles. The first-order valence-corrected chi connectivity index (χ1v) is 8.10. The Morgan fingerprint density at radius 2 is 1.81 bits per heavy atom. The van der Waals surface area contributed by atoms with E-state index < -0.39 is 0 Å². The summed E-state index contributed by atoms with van der Waals surface area (Å²) in [7, 11) is 0. The van der Waals surface area contributed by atoms with Crippen molar-refractivity contribution in [3.8, 4) is 0 Å². The van der Waals surface area contributed by atoms with Crippen LogP contribution in [-0.2, 0) is 11.3 Å². The summed E-state index contributed by atoms with van der Waals surface area (Å²) in [5.74, 6) is 0.910. The average molecular weight is 288 g/mol. The highest BCUT2D eigenvalue weighted by Gasteiger charge is 2.14. The van der Waals surface area contributed by atoms with E-state index in [2.05, 4.69) is 43.5 Å². The maximum absolute atomic E-state index is 12.0. The molecule has 116 valence electrons. The Morgan fingerprint density at radius 3 is 2.43 bits per heavy atom. The molecule has 0 saturated carbocycles. The Morgan fingerprint density at radius 1 is 1.19 bits per heavy atom. The lowest BCUT2D eigenvalue weighted by Gasteiger charge is -2.22. The minimum absolute atomic E-state index is 0.188. The number of carbonyl (C=O) groups excluding carboxylic acids is 1. The minimum atomic E-state index is 0.188. The summed E-state index contributed by atoms with van der Waals surface area (Å²) in [5.41, 5.74) is 5.08. The number of piperidine rings is 1. The molecule has 3 nitrogen and oxygen atoms in total. The predicted molar refractivity (Wildman–Crippen MR) is 87.3 cm³/mol. The first-order chi connectivity index (χ1) is 10.1. The van der Waals surface area contributed by atoms with Crippen LogP contribution in [0.5, 0.6) is 0 Å². The van der Waals surface area contributed by atoms with Crippen LogP contribution in [0.4, 0.5) is 0 Å². The van der Waals surface area contributed by atoms with E-state index in [0.717, 1.165) is 25.4 Å². The minimum Gasteiger partial charge on any atom is -0.352 e. The summed E-state index contributed by atoms with van der Waals surface area (Å²) in [6.45, 7) is 9.22. The Labute approximate surface area is 128 Å². The predicted octanol–water partition coefficient (Wildman–Crippen LogP) is 3.01. The van der Waals surface area contributed by atoms with Crippen molar-refractivity contribution in [2.45, 2.75) is 53.0 Å². The van der Waals surface area contributed by atoms with Gasteiger partial charge in [-0.3, -0.25) is 4.79 Å². The van der Waals surface area contributed by atoms with Gasteiger partial charge in [-0.2, -0.15) is 0 Å². The van der Waals surface area contributed by atoms with Gasteiger partial charge < -0.3 is 10.6 Å². The highest BCUT2D eigenvalue weighted by Crippen LogP contribution is 2.18. The zero-order valence-corrected chi connectivity index (χ0v) is 13.6. The van der Waals surface area contributed by atoms with Crippen molar-refractivity contribution >= 4 is 5.91 Å². The standard InChI is InChI=1S/C18H28N2O/c1-13-10-14(2)17(15(3)11-13)12-20-18(21)5-4-16-6-8-19-9-7-16/h10-11,16,19H,4-9,12H2,1-3H3,(H,20,21). The van der Waals surface area contributed by atoms with E-state index in [1.807, 2.05) is 0 Å². The molecule has 1 aromatic rings. The van der Waals surface area contributed by atoms with Crippen LogP contribution < -0.4 is 10.6 Å². The summed E-state index contributed by atoms with van der Waals surface area (Å²) in [6, 6.07) is 4.37. The summed E-state index contributed by atoms with van der Waals surface area (Å²) >= 11 is 0. The number of aryl methyl sites for hydroxylation is 3. The van der Waals surface area contributed by atoms with E-state index in [1.54, 1.807) is 0 Å². The monoisotopic (exact) mass is 288 g/mol. The fourth-order valence-corrected chi connectivity index (χ4v) is 3.27. The van der Waals surface area contributed by atoms with Gasteiger partial charge in [-0.15, -0.1) is 0 Å². The second-order valence-corrected chi connectivity index (χ2v) is 6.39. The van der Waals surface area contributed by atoms with Gasteiger partial charge in [0.25, 0.3) is 0 Å². The van der Waals surface area contributed by atoms with E-state index in [0.29, 0.717) is 13.0 Å². The van der Waals surface area contributed by atoms with Crippen LogP contribution in [0.25, 0.3) is 0 Å². The van der Waals surface area contributed by atoms with E-state index in [-0.39, 0.29) is 5.91 Å². The largest absolute Gasteiger partial charge is 0.352 e. The van der Waals surface area contributed by atoms with Crippen LogP contribution in [0.3, 0.4) is 0 Å². The first-order valence-electron chi connectivity index (χ1n) is 8.10. The quantitative estimate of drug-likeness (QED) is 0.874. The lowest BCUT2D eigenvalue weighted by Crippen LogP contribution is -2.29. The SMILES string of the molecule is Cc1cc(C)c(CNC(=O)CCC2CCNCC2)c(C)c1. The molecule has 1 aliphatic rings. The number of rotatable bonds is 5. The van der Waals surface area contributed by atoms with Gasteiger partial charge in [0, 0.05) is 13.0 Å². The molecule has 0 bridgehead atoms. The second kappa shape index (κ2) is 7.60. The number of amides is 1. The van der Waals surface area contributed by atoms with E-state index in [1.165, 1.54) is 35.1 Å². The third-order valence-corrected chi connectivity index (χ3v) is 4.54. The fourth-order valence-electron chi connectivity index (χ4n) is 3.27. The molecule has 1 aliphatic heterocycles. The van der Waals surface area contributed by atoms with Gasteiger partial charge in [-0.05, 0) is 75.7 Å². The maximum atomic E-state index is 12.0. The fraction of sp³-hybridized carbons (Fsp3) is 0.611. The Bertz CT molecular complexity index is 467. The van der Waals surface area contributed by atoms with E-state index in [4.69, 9.17) is 0 Å². The molecular weight excluding hydrogens is 260 g/mol. The van der Waals surface area contributed by atoms with Crippen LogP contribution in [0.15, 0.2) is 12.1 Å². The molecule has 0 radical (unpaired) electrons. The Kier molecular flexibility index (Phi) is 5.80. The molecule has 0 unspecified atom stereocenters. The van der Waals surface area contributed by atoms with Crippen molar-refractivity contribution in [1.82, 2.24) is 10.6 Å². The Hall–Kier alpha value is -1.35. The normalized spacial score (nSPS) is 16.0. The molecule has 21 heavy (non-hydrogen) atoms. The van der Waals surface area contributed by atoms with Crippen LogP contribution in [-0.4, -0.2) is 19.0 Å². The van der Waals surface area contributed by atoms with Gasteiger partial charge in [-0.1, -0.05) is 17.7 Å². The molecular formula is C18H28N2O. The highest BCUT2D eigenvalue weighted by molar-refractivity contribution is 5.75. The zero-order chi connectivity index (χ0) is 15.2. The van der Waals surface area contributed by atoms with Gasteiger partial charge >= 0.3 is 0 Å². The third-order valence-electron chi connectivity index (χ3n) is 4.54. The average Bonchev–Trinajstić information content (AvgIpc) is 2.45. The number of hydrogen-bond donors (Lipinski definition) is 2. The van der Waals surface area contributed by atoms with Crippen LogP contribution >= 0.6 is 0 Å².